The summed E-state index contributed by atoms with van der Waals surface area (Å²) < 4.78 is 11.8. The minimum Gasteiger partial charge on any atom is -0.508 e. The molecule has 29 heavy (non-hydrogen) atoms. The van der Waals surface area contributed by atoms with E-state index in [4.69, 9.17) is 14.6 Å². The van der Waals surface area contributed by atoms with Crippen molar-refractivity contribution in [3.63, 3.8) is 0 Å². The fraction of sp³-hybridized carbons (Fsp3) is 0.360. The molecule has 2 aromatic rings. The van der Waals surface area contributed by atoms with Crippen LogP contribution in [0.2, 0.25) is 0 Å². The van der Waals surface area contributed by atoms with Gasteiger partial charge in [-0.2, -0.15) is 0 Å². The van der Waals surface area contributed by atoms with E-state index in [-0.39, 0.29) is 19.0 Å². The van der Waals surface area contributed by atoms with E-state index in [9.17, 15) is 5.11 Å². The highest BCUT2D eigenvalue weighted by Crippen LogP contribution is 2.40. The van der Waals surface area contributed by atoms with Crippen molar-refractivity contribution in [1.29, 1.82) is 0 Å². The number of allylic oxidation sites excluding steroid dienone is 3. The van der Waals surface area contributed by atoms with Crippen molar-refractivity contribution in [2.45, 2.75) is 46.6 Å². The summed E-state index contributed by atoms with van der Waals surface area (Å²) in [4.78, 5) is 0. The average molecular weight is 399 g/mol. The molecule has 1 atom stereocenters. The molecule has 158 valence electrons. The number of benzene rings is 2. The number of aliphatic hydroxyl groups is 1. The van der Waals surface area contributed by atoms with Gasteiger partial charge in [0.05, 0.1) is 12.4 Å². The van der Waals surface area contributed by atoms with Crippen LogP contribution in [0.3, 0.4) is 0 Å². The lowest BCUT2D eigenvalue weighted by atomic mass is 9.84. The predicted molar refractivity (Wildman–Crippen MR) is 119 cm³/mol. The molecule has 0 saturated carbocycles. The van der Waals surface area contributed by atoms with E-state index in [0.717, 1.165) is 23.3 Å². The summed E-state index contributed by atoms with van der Waals surface area (Å²) in [5.74, 6) is 1.82. The average Bonchev–Trinajstić information content (AvgIpc) is 2.81. The summed E-state index contributed by atoms with van der Waals surface area (Å²) in [5.41, 5.74) is 1.15. The first-order valence-corrected chi connectivity index (χ1v) is 10.4. The topological polar surface area (TPSA) is 58.9 Å². The van der Waals surface area contributed by atoms with Crippen molar-refractivity contribution >= 4 is 0 Å². The molecule has 3 rings (SSSR count). The first-order chi connectivity index (χ1) is 14.2. The maximum absolute atomic E-state index is 9.62. The standard InChI is InChI=1S/C21H22O4.2C2H6/c1-2-19-4-3-13-21(25-19,16-5-9-18(23)10-6-16)17-7-11-20(12-8-17)24-15-14-22;2*1-2/h3-13,22-23H,2,14-15H2,1H3;2*1-2H3. The van der Waals surface area contributed by atoms with Gasteiger partial charge in [0.2, 0.25) is 0 Å². The molecule has 0 bridgehead atoms. The van der Waals surface area contributed by atoms with Gasteiger partial charge in [0.1, 0.15) is 18.1 Å². The van der Waals surface area contributed by atoms with Gasteiger partial charge in [-0.05, 0) is 36.4 Å². The summed E-state index contributed by atoms with van der Waals surface area (Å²) in [7, 11) is 0. The predicted octanol–water partition coefficient (Wildman–Crippen LogP) is 5.94. The molecule has 0 aromatic heterocycles. The third kappa shape index (κ3) is 6.13. The van der Waals surface area contributed by atoms with Crippen LogP contribution in [0.4, 0.5) is 0 Å². The van der Waals surface area contributed by atoms with Crippen molar-refractivity contribution in [1.82, 2.24) is 0 Å². The van der Waals surface area contributed by atoms with Gasteiger partial charge in [-0.3, -0.25) is 0 Å². The van der Waals surface area contributed by atoms with Crippen LogP contribution >= 0.6 is 0 Å². The molecule has 1 unspecified atom stereocenters. The number of rotatable bonds is 6. The summed E-state index contributed by atoms with van der Waals surface area (Å²) >= 11 is 0. The quantitative estimate of drug-likeness (QED) is 0.632. The van der Waals surface area contributed by atoms with Crippen LogP contribution in [-0.2, 0) is 10.3 Å². The highest BCUT2D eigenvalue weighted by atomic mass is 16.5. The zero-order valence-corrected chi connectivity index (χ0v) is 18.2. The first kappa shape index (κ1) is 24.3. The zero-order chi connectivity index (χ0) is 21.7. The minimum atomic E-state index is -0.747. The molecular weight excluding hydrogens is 364 g/mol. The number of aromatic hydroxyl groups is 1. The summed E-state index contributed by atoms with van der Waals surface area (Å²) in [6.45, 7) is 10.3. The second-order valence-electron chi connectivity index (χ2n) is 5.83. The van der Waals surface area contributed by atoms with Crippen molar-refractivity contribution in [2.24, 2.45) is 0 Å². The van der Waals surface area contributed by atoms with E-state index in [2.05, 4.69) is 6.92 Å². The molecule has 0 aliphatic carbocycles. The van der Waals surface area contributed by atoms with Gasteiger partial charge in [0.15, 0.2) is 5.60 Å². The van der Waals surface area contributed by atoms with Gasteiger partial charge in [-0.25, -0.2) is 0 Å². The van der Waals surface area contributed by atoms with Crippen molar-refractivity contribution < 1.29 is 19.7 Å². The molecular formula is C25H34O4. The second-order valence-corrected chi connectivity index (χ2v) is 5.83. The Morgan fingerprint density at radius 3 is 1.97 bits per heavy atom. The Balaban J connectivity index is 0.000000989. The van der Waals surface area contributed by atoms with Gasteiger partial charge in [0.25, 0.3) is 0 Å². The lowest BCUT2D eigenvalue weighted by Gasteiger charge is -2.35. The van der Waals surface area contributed by atoms with Gasteiger partial charge >= 0.3 is 0 Å². The molecule has 4 nitrogen and oxygen atoms in total. The Labute approximate surface area is 175 Å². The molecule has 1 heterocycles. The highest BCUT2D eigenvalue weighted by molar-refractivity contribution is 5.46. The van der Waals surface area contributed by atoms with Crippen LogP contribution in [-0.4, -0.2) is 23.4 Å². The number of ether oxygens (including phenoxy) is 2. The largest absolute Gasteiger partial charge is 0.508 e. The molecule has 4 heteroatoms. The number of hydrogen-bond acceptors (Lipinski definition) is 4. The van der Waals surface area contributed by atoms with Gasteiger partial charge in [-0.1, -0.05) is 65.0 Å². The van der Waals surface area contributed by atoms with Gasteiger partial charge in [-0.15, -0.1) is 0 Å². The molecule has 0 amide bonds. The Morgan fingerprint density at radius 1 is 0.897 bits per heavy atom. The van der Waals surface area contributed by atoms with E-state index in [1.54, 1.807) is 12.1 Å². The third-order valence-corrected chi connectivity index (χ3v) is 4.19. The number of phenolic OH excluding ortho intramolecular Hbond substituents is 1. The fourth-order valence-corrected chi connectivity index (χ4v) is 2.90. The lowest BCUT2D eigenvalue weighted by molar-refractivity contribution is 0.0701. The van der Waals surface area contributed by atoms with Crippen LogP contribution in [0.1, 0.15) is 52.2 Å². The van der Waals surface area contributed by atoms with Crippen LogP contribution in [0.15, 0.2) is 72.5 Å². The van der Waals surface area contributed by atoms with Crippen LogP contribution in [0.5, 0.6) is 11.5 Å². The van der Waals surface area contributed by atoms with E-state index in [1.807, 2.05) is 82.3 Å². The maximum atomic E-state index is 9.62. The molecule has 2 N–H and O–H groups in total. The molecule has 0 saturated heterocycles. The van der Waals surface area contributed by atoms with Crippen molar-refractivity contribution in [3.05, 3.63) is 83.6 Å². The Bertz CT molecular complexity index is 760. The normalized spacial score (nSPS) is 17.0. The van der Waals surface area contributed by atoms with Crippen LogP contribution in [0, 0.1) is 0 Å². The molecule has 0 spiro atoms. The van der Waals surface area contributed by atoms with E-state index < -0.39 is 5.60 Å². The molecule has 0 fully saturated rings. The lowest BCUT2D eigenvalue weighted by Crippen LogP contribution is -2.30. The van der Waals surface area contributed by atoms with Crippen molar-refractivity contribution in [3.8, 4) is 11.5 Å². The fourth-order valence-electron chi connectivity index (χ4n) is 2.90. The maximum Gasteiger partial charge on any atom is 0.177 e. The Morgan fingerprint density at radius 2 is 1.45 bits per heavy atom. The SMILES string of the molecule is CC.CC.CCC1=CC=CC(c2ccc(O)cc2)(c2ccc(OCCO)cc2)O1. The number of aliphatic hydroxyl groups excluding tert-OH is 1. The zero-order valence-electron chi connectivity index (χ0n) is 18.2. The molecule has 1 aliphatic rings. The third-order valence-electron chi connectivity index (χ3n) is 4.19. The second kappa shape index (κ2) is 12.7. The van der Waals surface area contributed by atoms with Gasteiger partial charge < -0.3 is 19.7 Å². The highest BCUT2D eigenvalue weighted by Gasteiger charge is 2.36. The summed E-state index contributed by atoms with van der Waals surface area (Å²) in [5, 5.41) is 18.5. The van der Waals surface area contributed by atoms with Crippen LogP contribution in [0.25, 0.3) is 0 Å². The smallest absolute Gasteiger partial charge is 0.177 e. The van der Waals surface area contributed by atoms with E-state index in [0.29, 0.717) is 5.75 Å². The molecule has 2 aromatic carbocycles. The van der Waals surface area contributed by atoms with E-state index >= 15 is 0 Å². The van der Waals surface area contributed by atoms with E-state index in [1.165, 1.54) is 0 Å². The Kier molecular flexibility index (Phi) is 10.6. The molecule has 0 radical (unpaired) electrons. The van der Waals surface area contributed by atoms with Crippen molar-refractivity contribution in [2.75, 3.05) is 13.2 Å². The minimum absolute atomic E-state index is 0.0182. The number of hydrogen-bond donors (Lipinski definition) is 2. The van der Waals surface area contributed by atoms with Gasteiger partial charge in [0, 0.05) is 17.5 Å². The van der Waals surface area contributed by atoms with Crippen LogP contribution < -0.4 is 4.74 Å². The first-order valence-electron chi connectivity index (χ1n) is 10.4. The summed E-state index contributed by atoms with van der Waals surface area (Å²) in [6, 6.07) is 14.7. The number of phenols is 1. The summed E-state index contributed by atoms with van der Waals surface area (Å²) in [6.07, 6.45) is 6.78. The monoisotopic (exact) mass is 398 g/mol. The molecule has 1 aliphatic heterocycles. The Hall–Kier alpha value is -2.72.